The molecule has 0 saturated heterocycles. The number of para-hydroxylation sites is 1. The Morgan fingerprint density at radius 2 is 2.00 bits per heavy atom. The van der Waals surface area contributed by atoms with Crippen LogP contribution in [-0.2, 0) is 14.3 Å². The molecule has 2 amide bonds. The number of furan rings is 1. The van der Waals surface area contributed by atoms with Crippen LogP contribution in [0.25, 0.3) is 0 Å². The molecule has 128 valence electrons. The van der Waals surface area contributed by atoms with Gasteiger partial charge in [-0.3, -0.25) is 9.59 Å². The molecule has 0 atom stereocenters. The van der Waals surface area contributed by atoms with E-state index in [2.05, 4.69) is 5.32 Å². The lowest BCUT2D eigenvalue weighted by molar-refractivity contribution is -0.116. The maximum absolute atomic E-state index is 12.4. The molecule has 0 aliphatic carbocycles. The van der Waals surface area contributed by atoms with E-state index in [1.165, 1.54) is 24.5 Å². The molecule has 0 bridgehead atoms. The van der Waals surface area contributed by atoms with Crippen LogP contribution in [0, 0.1) is 0 Å². The van der Waals surface area contributed by atoms with Crippen molar-refractivity contribution in [2.75, 3.05) is 32.5 Å². The van der Waals surface area contributed by atoms with Gasteiger partial charge >= 0.3 is 0 Å². The molecular weight excluding hydrogens is 312 g/mol. The van der Waals surface area contributed by atoms with Gasteiger partial charge in [-0.05, 0) is 18.2 Å². The number of nitrogens with one attached hydrogen (secondary N) is 1. The first kappa shape index (κ1) is 17.7. The molecule has 0 saturated carbocycles. The number of methoxy groups -OCH3 is 1. The predicted molar refractivity (Wildman–Crippen MR) is 87.3 cm³/mol. The molecule has 7 nitrogen and oxygen atoms in total. The average molecular weight is 332 g/mol. The second kappa shape index (κ2) is 9.49. The van der Waals surface area contributed by atoms with Crippen molar-refractivity contribution in [2.45, 2.75) is 6.42 Å². The summed E-state index contributed by atoms with van der Waals surface area (Å²) >= 11 is 0. The number of benzene rings is 1. The zero-order valence-corrected chi connectivity index (χ0v) is 13.4. The monoisotopic (exact) mass is 332 g/mol. The first-order valence-corrected chi connectivity index (χ1v) is 7.43. The Hall–Kier alpha value is -2.64. The summed E-state index contributed by atoms with van der Waals surface area (Å²) < 4.78 is 15.0. The van der Waals surface area contributed by atoms with Crippen LogP contribution < -0.4 is 5.32 Å². The molecule has 0 spiro atoms. The van der Waals surface area contributed by atoms with Gasteiger partial charge in [0.05, 0.1) is 11.8 Å². The van der Waals surface area contributed by atoms with Crippen molar-refractivity contribution in [1.82, 2.24) is 4.90 Å². The van der Waals surface area contributed by atoms with Crippen LogP contribution in [0.3, 0.4) is 0 Å². The van der Waals surface area contributed by atoms with Crippen molar-refractivity contribution in [3.05, 3.63) is 54.5 Å². The van der Waals surface area contributed by atoms with Gasteiger partial charge in [0.15, 0.2) is 0 Å². The third kappa shape index (κ3) is 5.53. The minimum absolute atomic E-state index is 0.0243. The Morgan fingerprint density at radius 3 is 2.67 bits per heavy atom. The highest BCUT2D eigenvalue weighted by Crippen LogP contribution is 2.09. The van der Waals surface area contributed by atoms with E-state index in [-0.39, 0.29) is 38.3 Å². The second-order valence-corrected chi connectivity index (χ2v) is 4.98. The zero-order valence-electron chi connectivity index (χ0n) is 13.4. The van der Waals surface area contributed by atoms with E-state index in [0.29, 0.717) is 11.3 Å². The number of rotatable bonds is 9. The fourth-order valence-electron chi connectivity index (χ4n) is 2.01. The number of amides is 2. The topological polar surface area (TPSA) is 81.0 Å². The fraction of sp³-hybridized carbons (Fsp3) is 0.294. The lowest BCUT2D eigenvalue weighted by Crippen LogP contribution is -2.35. The Morgan fingerprint density at radius 1 is 1.21 bits per heavy atom. The van der Waals surface area contributed by atoms with Crippen LogP contribution in [0.2, 0.25) is 0 Å². The van der Waals surface area contributed by atoms with Gasteiger partial charge in [-0.15, -0.1) is 0 Å². The van der Waals surface area contributed by atoms with Gasteiger partial charge in [0, 0.05) is 25.8 Å². The lowest BCUT2D eigenvalue weighted by Gasteiger charge is -2.21. The maximum atomic E-state index is 12.4. The standard InChI is InChI=1S/C17H20N2O5/c1-22-13-24-12-19(17(21)14-8-10-23-11-14)9-7-16(20)18-15-5-3-2-4-6-15/h2-6,8,10-11H,7,9,12-13H2,1H3,(H,18,20). The van der Waals surface area contributed by atoms with Crippen LogP contribution in [0.1, 0.15) is 16.8 Å². The Labute approximate surface area is 140 Å². The number of hydrogen-bond donors (Lipinski definition) is 1. The Bertz CT molecular complexity index is 628. The highest BCUT2D eigenvalue weighted by atomic mass is 16.7. The SMILES string of the molecule is COCOCN(CCC(=O)Nc1ccccc1)C(=O)c1ccoc1. The summed E-state index contributed by atoms with van der Waals surface area (Å²) in [7, 11) is 1.50. The first-order chi connectivity index (χ1) is 11.7. The third-order valence-electron chi connectivity index (χ3n) is 3.17. The maximum Gasteiger partial charge on any atom is 0.258 e. The summed E-state index contributed by atoms with van der Waals surface area (Å²) in [5.74, 6) is -0.453. The Balaban J connectivity index is 1.89. The lowest BCUT2D eigenvalue weighted by atomic mass is 10.2. The van der Waals surface area contributed by atoms with Crippen molar-refractivity contribution in [3.8, 4) is 0 Å². The van der Waals surface area contributed by atoms with Crippen LogP contribution in [0.15, 0.2) is 53.3 Å². The van der Waals surface area contributed by atoms with E-state index in [4.69, 9.17) is 13.9 Å². The largest absolute Gasteiger partial charge is 0.472 e. The second-order valence-electron chi connectivity index (χ2n) is 4.98. The van der Waals surface area contributed by atoms with Crippen molar-refractivity contribution in [3.63, 3.8) is 0 Å². The predicted octanol–water partition coefficient (Wildman–Crippen LogP) is 2.33. The quantitative estimate of drug-likeness (QED) is 0.563. The molecule has 2 aromatic rings. The normalized spacial score (nSPS) is 10.4. The van der Waals surface area contributed by atoms with Crippen LogP contribution >= 0.6 is 0 Å². The van der Waals surface area contributed by atoms with Gasteiger partial charge in [-0.25, -0.2) is 0 Å². The Kier molecular flexibility index (Phi) is 7.00. The number of carbonyl (C=O) groups is 2. The number of carbonyl (C=O) groups excluding carboxylic acids is 2. The van der Waals surface area contributed by atoms with Crippen molar-refractivity contribution < 1.29 is 23.5 Å². The molecule has 0 radical (unpaired) electrons. The number of anilines is 1. The van der Waals surface area contributed by atoms with Gasteiger partial charge in [0.2, 0.25) is 5.91 Å². The molecule has 0 fully saturated rings. The molecule has 2 rings (SSSR count). The third-order valence-corrected chi connectivity index (χ3v) is 3.17. The highest BCUT2D eigenvalue weighted by molar-refractivity contribution is 5.95. The summed E-state index contributed by atoms with van der Waals surface area (Å²) in [6.07, 6.45) is 2.92. The van der Waals surface area contributed by atoms with E-state index < -0.39 is 0 Å². The average Bonchev–Trinajstić information content (AvgIpc) is 3.13. The van der Waals surface area contributed by atoms with E-state index in [0.717, 1.165) is 0 Å². The van der Waals surface area contributed by atoms with Gasteiger partial charge < -0.3 is 24.1 Å². The summed E-state index contributed by atoms with van der Waals surface area (Å²) in [4.78, 5) is 25.8. The van der Waals surface area contributed by atoms with E-state index in [9.17, 15) is 9.59 Å². The van der Waals surface area contributed by atoms with Crippen LogP contribution in [-0.4, -0.2) is 43.9 Å². The highest BCUT2D eigenvalue weighted by Gasteiger charge is 2.18. The summed E-state index contributed by atoms with van der Waals surface area (Å²) in [6.45, 7) is 0.300. The summed E-state index contributed by atoms with van der Waals surface area (Å²) in [5, 5.41) is 2.78. The molecular formula is C17H20N2O5. The minimum Gasteiger partial charge on any atom is -0.472 e. The van der Waals surface area contributed by atoms with Gasteiger partial charge in [0.1, 0.15) is 19.8 Å². The summed E-state index contributed by atoms with van der Waals surface area (Å²) in [5.41, 5.74) is 1.12. The van der Waals surface area contributed by atoms with E-state index >= 15 is 0 Å². The molecule has 1 aromatic carbocycles. The molecule has 0 unspecified atom stereocenters. The van der Waals surface area contributed by atoms with Crippen LogP contribution in [0.4, 0.5) is 5.69 Å². The van der Waals surface area contributed by atoms with Crippen molar-refractivity contribution >= 4 is 17.5 Å². The van der Waals surface area contributed by atoms with Gasteiger partial charge in [0.25, 0.3) is 5.91 Å². The van der Waals surface area contributed by atoms with Crippen molar-refractivity contribution in [2.24, 2.45) is 0 Å². The fourth-order valence-corrected chi connectivity index (χ4v) is 2.01. The molecule has 1 heterocycles. The van der Waals surface area contributed by atoms with Gasteiger partial charge in [-0.2, -0.15) is 0 Å². The van der Waals surface area contributed by atoms with E-state index in [1.54, 1.807) is 18.2 Å². The minimum atomic E-state index is -0.271. The number of ether oxygens (including phenoxy) is 2. The number of nitrogens with zero attached hydrogens (tertiary/aromatic N) is 1. The molecule has 24 heavy (non-hydrogen) atoms. The van der Waals surface area contributed by atoms with Crippen LogP contribution in [0.5, 0.6) is 0 Å². The number of hydrogen-bond acceptors (Lipinski definition) is 5. The van der Waals surface area contributed by atoms with Crippen molar-refractivity contribution in [1.29, 1.82) is 0 Å². The molecule has 1 N–H and O–H groups in total. The summed E-state index contributed by atoms with van der Waals surface area (Å²) in [6, 6.07) is 10.7. The molecule has 7 heteroatoms. The first-order valence-electron chi connectivity index (χ1n) is 7.43. The molecule has 1 aromatic heterocycles. The smallest absolute Gasteiger partial charge is 0.258 e. The molecule has 0 aliphatic heterocycles. The van der Waals surface area contributed by atoms with E-state index in [1.807, 2.05) is 18.2 Å². The molecule has 0 aliphatic rings. The van der Waals surface area contributed by atoms with Gasteiger partial charge in [-0.1, -0.05) is 18.2 Å². The zero-order chi connectivity index (χ0) is 17.2.